The number of nitrogens with zero attached hydrogens (tertiary/aromatic N) is 2. The van der Waals surface area contributed by atoms with Crippen molar-refractivity contribution in [1.82, 2.24) is 9.97 Å². The molecular formula is C23H20N4O. The van der Waals surface area contributed by atoms with Crippen molar-refractivity contribution < 1.29 is 4.79 Å². The zero-order valence-electron chi connectivity index (χ0n) is 15.7. The SMILES string of the molecule is Cc1cccc(C)c1NC(=O)c1cncc(Nc2cccc3cccnc23)c1. The van der Waals surface area contributed by atoms with Crippen LogP contribution in [-0.2, 0) is 0 Å². The van der Waals surface area contributed by atoms with E-state index in [9.17, 15) is 4.79 Å². The minimum atomic E-state index is -0.190. The fourth-order valence-corrected chi connectivity index (χ4v) is 3.19. The smallest absolute Gasteiger partial charge is 0.257 e. The maximum absolute atomic E-state index is 12.7. The first-order valence-electron chi connectivity index (χ1n) is 9.05. The topological polar surface area (TPSA) is 66.9 Å². The average molecular weight is 368 g/mol. The molecule has 0 bridgehead atoms. The summed E-state index contributed by atoms with van der Waals surface area (Å²) in [5.74, 6) is -0.190. The van der Waals surface area contributed by atoms with Gasteiger partial charge in [0.25, 0.3) is 5.91 Å². The number of nitrogens with one attached hydrogen (secondary N) is 2. The molecule has 2 aromatic carbocycles. The van der Waals surface area contributed by atoms with Crippen LogP contribution in [0.5, 0.6) is 0 Å². The van der Waals surface area contributed by atoms with E-state index in [-0.39, 0.29) is 5.91 Å². The van der Waals surface area contributed by atoms with E-state index in [2.05, 4.69) is 20.6 Å². The molecule has 4 aromatic rings. The summed E-state index contributed by atoms with van der Waals surface area (Å²) >= 11 is 0. The van der Waals surface area contributed by atoms with Gasteiger partial charge >= 0.3 is 0 Å². The second kappa shape index (κ2) is 7.48. The van der Waals surface area contributed by atoms with Gasteiger partial charge in [-0.25, -0.2) is 0 Å². The van der Waals surface area contributed by atoms with Gasteiger partial charge in [-0.15, -0.1) is 0 Å². The number of aromatic nitrogens is 2. The Kier molecular flexibility index (Phi) is 4.72. The van der Waals surface area contributed by atoms with Crippen LogP contribution in [0.2, 0.25) is 0 Å². The minimum absolute atomic E-state index is 0.190. The number of hydrogen-bond acceptors (Lipinski definition) is 4. The van der Waals surface area contributed by atoms with Crippen molar-refractivity contribution in [3.63, 3.8) is 0 Å². The summed E-state index contributed by atoms with van der Waals surface area (Å²) < 4.78 is 0. The Labute approximate surface area is 163 Å². The number of carbonyl (C=O) groups excluding carboxylic acids is 1. The standard InChI is InChI=1S/C23H20N4O/c1-15-6-3-7-16(2)21(15)27-23(28)18-12-19(14-24-13-18)26-20-10-4-8-17-9-5-11-25-22(17)20/h3-14,26H,1-2H3,(H,27,28). The molecule has 0 aliphatic rings. The fraction of sp³-hybridized carbons (Fsp3) is 0.0870. The van der Waals surface area contributed by atoms with Crippen LogP contribution in [0.15, 0.2) is 73.2 Å². The maximum atomic E-state index is 12.7. The largest absolute Gasteiger partial charge is 0.352 e. The third kappa shape index (κ3) is 3.55. The molecular weight excluding hydrogens is 348 g/mol. The first kappa shape index (κ1) is 17.7. The van der Waals surface area contributed by atoms with Gasteiger partial charge in [-0.2, -0.15) is 0 Å². The summed E-state index contributed by atoms with van der Waals surface area (Å²) in [5.41, 5.74) is 5.84. The molecule has 0 aliphatic heterocycles. The highest BCUT2D eigenvalue weighted by atomic mass is 16.1. The normalized spacial score (nSPS) is 10.6. The maximum Gasteiger partial charge on any atom is 0.257 e. The van der Waals surface area contributed by atoms with Crippen LogP contribution in [0, 0.1) is 13.8 Å². The molecule has 0 atom stereocenters. The number of fused-ring (bicyclic) bond motifs is 1. The number of hydrogen-bond donors (Lipinski definition) is 2. The van der Waals surface area contributed by atoms with Crippen molar-refractivity contribution in [3.05, 3.63) is 89.9 Å². The molecule has 5 nitrogen and oxygen atoms in total. The van der Waals surface area contributed by atoms with E-state index in [1.54, 1.807) is 24.7 Å². The predicted molar refractivity (Wildman–Crippen MR) is 113 cm³/mol. The van der Waals surface area contributed by atoms with Gasteiger partial charge in [-0.1, -0.05) is 36.4 Å². The fourth-order valence-electron chi connectivity index (χ4n) is 3.19. The van der Waals surface area contributed by atoms with Gasteiger partial charge in [0.05, 0.1) is 28.7 Å². The zero-order chi connectivity index (χ0) is 19.5. The van der Waals surface area contributed by atoms with E-state index in [4.69, 9.17) is 0 Å². The van der Waals surface area contributed by atoms with Crippen molar-refractivity contribution in [2.24, 2.45) is 0 Å². The van der Waals surface area contributed by atoms with Gasteiger partial charge in [-0.05, 0) is 43.2 Å². The summed E-state index contributed by atoms with van der Waals surface area (Å²) in [6.07, 6.45) is 5.02. The molecule has 0 saturated carbocycles. The van der Waals surface area contributed by atoms with Crippen LogP contribution in [0.25, 0.3) is 10.9 Å². The van der Waals surface area contributed by atoms with E-state index in [0.29, 0.717) is 5.56 Å². The van der Waals surface area contributed by atoms with Gasteiger partial charge in [0.2, 0.25) is 0 Å². The lowest BCUT2D eigenvalue weighted by Gasteiger charge is -2.13. The van der Waals surface area contributed by atoms with E-state index in [0.717, 1.165) is 39.1 Å². The summed E-state index contributed by atoms with van der Waals surface area (Å²) in [6, 6.07) is 17.6. The van der Waals surface area contributed by atoms with Gasteiger partial charge in [0.1, 0.15) is 0 Å². The third-order valence-corrected chi connectivity index (χ3v) is 4.63. The Morgan fingerprint density at radius 2 is 1.68 bits per heavy atom. The van der Waals surface area contributed by atoms with Crippen LogP contribution in [0.3, 0.4) is 0 Å². The summed E-state index contributed by atoms with van der Waals surface area (Å²) in [7, 11) is 0. The highest BCUT2D eigenvalue weighted by Crippen LogP contribution is 2.25. The molecule has 5 heteroatoms. The lowest BCUT2D eigenvalue weighted by molar-refractivity contribution is 0.102. The van der Waals surface area contributed by atoms with Crippen molar-refractivity contribution in [2.45, 2.75) is 13.8 Å². The van der Waals surface area contributed by atoms with Crippen molar-refractivity contribution >= 4 is 33.9 Å². The molecule has 0 unspecified atom stereocenters. The quantitative estimate of drug-likeness (QED) is 0.517. The highest BCUT2D eigenvalue weighted by molar-refractivity contribution is 6.05. The minimum Gasteiger partial charge on any atom is -0.352 e. The van der Waals surface area contributed by atoms with E-state index in [1.165, 1.54) is 0 Å². The number of rotatable bonds is 4. The van der Waals surface area contributed by atoms with Crippen molar-refractivity contribution in [2.75, 3.05) is 10.6 Å². The second-order valence-electron chi connectivity index (χ2n) is 6.69. The molecule has 2 heterocycles. The molecule has 0 fully saturated rings. The average Bonchev–Trinajstić information content (AvgIpc) is 2.71. The number of amides is 1. The highest BCUT2D eigenvalue weighted by Gasteiger charge is 2.11. The monoisotopic (exact) mass is 368 g/mol. The molecule has 0 saturated heterocycles. The van der Waals surface area contributed by atoms with Crippen LogP contribution >= 0.6 is 0 Å². The molecule has 2 N–H and O–H groups in total. The summed E-state index contributed by atoms with van der Waals surface area (Å²) in [5, 5.41) is 7.37. The van der Waals surface area contributed by atoms with Gasteiger partial charge in [-0.3, -0.25) is 14.8 Å². The van der Waals surface area contributed by atoms with Gasteiger partial charge < -0.3 is 10.6 Å². The van der Waals surface area contributed by atoms with E-state index in [1.807, 2.05) is 62.4 Å². The molecule has 2 aromatic heterocycles. The van der Waals surface area contributed by atoms with Crippen molar-refractivity contribution in [1.29, 1.82) is 0 Å². The molecule has 28 heavy (non-hydrogen) atoms. The molecule has 0 aliphatic carbocycles. The molecule has 4 rings (SSSR count). The molecule has 0 radical (unpaired) electrons. The van der Waals surface area contributed by atoms with E-state index < -0.39 is 0 Å². The van der Waals surface area contributed by atoms with Gasteiger partial charge in [0, 0.05) is 23.5 Å². The zero-order valence-corrected chi connectivity index (χ0v) is 15.7. The first-order valence-corrected chi connectivity index (χ1v) is 9.05. The lowest BCUT2D eigenvalue weighted by Crippen LogP contribution is -2.14. The number of anilines is 3. The lowest BCUT2D eigenvalue weighted by atomic mass is 10.1. The number of carbonyl (C=O) groups is 1. The molecule has 138 valence electrons. The molecule has 1 amide bonds. The van der Waals surface area contributed by atoms with Crippen LogP contribution in [0.4, 0.5) is 17.1 Å². The Bertz CT molecular complexity index is 1140. The number of aryl methyl sites for hydroxylation is 2. The first-order chi connectivity index (χ1) is 13.6. The van der Waals surface area contributed by atoms with Crippen molar-refractivity contribution in [3.8, 4) is 0 Å². The Balaban J connectivity index is 1.60. The second-order valence-corrected chi connectivity index (χ2v) is 6.69. The number of pyridine rings is 2. The van der Waals surface area contributed by atoms with Gasteiger partial charge in [0.15, 0.2) is 0 Å². The van der Waals surface area contributed by atoms with Crippen LogP contribution in [0.1, 0.15) is 21.5 Å². The van der Waals surface area contributed by atoms with Crippen LogP contribution < -0.4 is 10.6 Å². The predicted octanol–water partition coefficient (Wildman–Crippen LogP) is 5.24. The third-order valence-electron chi connectivity index (χ3n) is 4.63. The molecule has 0 spiro atoms. The summed E-state index contributed by atoms with van der Waals surface area (Å²) in [6.45, 7) is 3.96. The Morgan fingerprint density at radius 1 is 0.929 bits per heavy atom. The Morgan fingerprint density at radius 3 is 2.50 bits per heavy atom. The number of benzene rings is 2. The summed E-state index contributed by atoms with van der Waals surface area (Å²) in [4.78, 5) is 21.4. The number of para-hydroxylation sites is 2. The van der Waals surface area contributed by atoms with E-state index >= 15 is 0 Å². The Hall–Kier alpha value is -3.73. The van der Waals surface area contributed by atoms with Crippen LogP contribution in [-0.4, -0.2) is 15.9 Å².